The monoisotopic (exact) mass is 449 g/mol. The van der Waals surface area contributed by atoms with E-state index in [-0.39, 0.29) is 6.04 Å². The zero-order valence-electron chi connectivity index (χ0n) is 10.5. The third-order valence-corrected chi connectivity index (χ3v) is 4.63. The van der Waals surface area contributed by atoms with Crippen LogP contribution in [0.5, 0.6) is 0 Å². The molecule has 0 amide bonds. The largest absolute Gasteiger partial charge is 0.306 e. The van der Waals surface area contributed by atoms with Crippen molar-refractivity contribution in [3.05, 3.63) is 66.7 Å². The topological polar surface area (TPSA) is 12.0 Å². The van der Waals surface area contributed by atoms with Gasteiger partial charge in [0, 0.05) is 13.1 Å². The average molecular weight is 451 g/mol. The minimum atomic E-state index is 0.0998. The molecule has 1 N–H and O–H groups in total. The SMILES string of the molecule is CCNC(c1ccccc1Cl)c1cc(I)ccc1Br. The lowest BCUT2D eigenvalue weighted by Crippen LogP contribution is -2.22. The summed E-state index contributed by atoms with van der Waals surface area (Å²) < 4.78 is 2.31. The number of benzene rings is 2. The highest BCUT2D eigenvalue weighted by molar-refractivity contribution is 14.1. The van der Waals surface area contributed by atoms with Crippen LogP contribution in [0.15, 0.2) is 46.9 Å². The summed E-state index contributed by atoms with van der Waals surface area (Å²) in [4.78, 5) is 0. The van der Waals surface area contributed by atoms with Crippen LogP contribution in [0.3, 0.4) is 0 Å². The van der Waals surface area contributed by atoms with Gasteiger partial charge in [0.2, 0.25) is 0 Å². The van der Waals surface area contributed by atoms with Crippen LogP contribution in [0.2, 0.25) is 5.02 Å². The van der Waals surface area contributed by atoms with Gasteiger partial charge in [-0.25, -0.2) is 0 Å². The smallest absolute Gasteiger partial charge is 0.0602 e. The molecule has 0 spiro atoms. The fourth-order valence-corrected chi connectivity index (χ4v) is 3.27. The Morgan fingerprint density at radius 2 is 1.95 bits per heavy atom. The van der Waals surface area contributed by atoms with Gasteiger partial charge in [-0.15, -0.1) is 0 Å². The molecule has 100 valence electrons. The minimum Gasteiger partial charge on any atom is -0.306 e. The fraction of sp³-hybridized carbons (Fsp3) is 0.200. The Labute approximate surface area is 141 Å². The van der Waals surface area contributed by atoms with Gasteiger partial charge in [-0.2, -0.15) is 0 Å². The Bertz CT molecular complexity index is 574. The van der Waals surface area contributed by atoms with Crippen molar-refractivity contribution in [1.82, 2.24) is 5.32 Å². The van der Waals surface area contributed by atoms with Crippen molar-refractivity contribution in [3.8, 4) is 0 Å². The summed E-state index contributed by atoms with van der Waals surface area (Å²) in [5.74, 6) is 0. The Hall–Kier alpha value is -0.100. The quantitative estimate of drug-likeness (QED) is 0.615. The van der Waals surface area contributed by atoms with Gasteiger partial charge < -0.3 is 5.32 Å². The van der Waals surface area contributed by atoms with Crippen molar-refractivity contribution < 1.29 is 0 Å². The van der Waals surface area contributed by atoms with E-state index in [4.69, 9.17) is 11.6 Å². The van der Waals surface area contributed by atoms with E-state index in [1.165, 1.54) is 9.13 Å². The van der Waals surface area contributed by atoms with Crippen molar-refractivity contribution in [2.75, 3.05) is 6.54 Å². The lowest BCUT2D eigenvalue weighted by Gasteiger charge is -2.21. The molecule has 0 aliphatic heterocycles. The second-order valence-electron chi connectivity index (χ2n) is 4.18. The highest BCUT2D eigenvalue weighted by Crippen LogP contribution is 2.33. The average Bonchev–Trinajstić information content (AvgIpc) is 2.40. The molecule has 0 fully saturated rings. The van der Waals surface area contributed by atoms with Gasteiger partial charge >= 0.3 is 0 Å². The summed E-state index contributed by atoms with van der Waals surface area (Å²) in [6.45, 7) is 2.99. The first-order valence-corrected chi connectivity index (χ1v) is 8.31. The molecule has 0 heterocycles. The van der Waals surface area contributed by atoms with E-state index in [1.54, 1.807) is 0 Å². The predicted octanol–water partition coefficient (Wildman–Crippen LogP) is 5.41. The zero-order chi connectivity index (χ0) is 13.8. The fourth-order valence-electron chi connectivity index (χ4n) is 2.04. The van der Waals surface area contributed by atoms with Gasteiger partial charge in [-0.1, -0.05) is 52.7 Å². The van der Waals surface area contributed by atoms with E-state index in [0.29, 0.717) is 0 Å². The zero-order valence-corrected chi connectivity index (χ0v) is 15.0. The van der Waals surface area contributed by atoms with Crippen LogP contribution >= 0.6 is 50.1 Å². The third kappa shape index (κ3) is 3.72. The van der Waals surface area contributed by atoms with E-state index in [9.17, 15) is 0 Å². The van der Waals surface area contributed by atoms with Gasteiger partial charge in [0.05, 0.1) is 6.04 Å². The normalized spacial score (nSPS) is 12.4. The first-order chi connectivity index (χ1) is 9.13. The summed E-state index contributed by atoms with van der Waals surface area (Å²) in [7, 11) is 0. The van der Waals surface area contributed by atoms with Crippen molar-refractivity contribution in [2.24, 2.45) is 0 Å². The molecule has 2 aromatic rings. The summed E-state index contributed by atoms with van der Waals surface area (Å²) >= 11 is 12.3. The van der Waals surface area contributed by atoms with Crippen LogP contribution in [-0.2, 0) is 0 Å². The number of hydrogen-bond donors (Lipinski definition) is 1. The lowest BCUT2D eigenvalue weighted by atomic mass is 9.98. The van der Waals surface area contributed by atoms with Crippen molar-refractivity contribution >= 4 is 50.1 Å². The van der Waals surface area contributed by atoms with Crippen molar-refractivity contribution in [1.29, 1.82) is 0 Å². The molecule has 0 saturated carbocycles. The van der Waals surface area contributed by atoms with E-state index in [1.807, 2.05) is 18.2 Å². The van der Waals surface area contributed by atoms with Gasteiger partial charge in [0.1, 0.15) is 0 Å². The Kier molecular flexibility index (Phi) is 5.69. The third-order valence-electron chi connectivity index (χ3n) is 2.89. The number of rotatable bonds is 4. The molecule has 0 saturated heterocycles. The van der Waals surface area contributed by atoms with E-state index >= 15 is 0 Å². The van der Waals surface area contributed by atoms with Crippen LogP contribution in [0.4, 0.5) is 0 Å². The molecule has 0 radical (unpaired) electrons. The molecule has 0 aliphatic carbocycles. The molecule has 2 aromatic carbocycles. The standard InChI is InChI=1S/C15H14BrClIN/c1-2-19-15(11-5-3-4-6-14(11)17)12-9-10(18)7-8-13(12)16/h3-9,15,19H,2H2,1H3. The summed E-state index contributed by atoms with van der Waals surface area (Å²) in [5, 5.41) is 4.30. The lowest BCUT2D eigenvalue weighted by molar-refractivity contribution is 0.628. The van der Waals surface area contributed by atoms with Crippen LogP contribution in [0.1, 0.15) is 24.1 Å². The molecule has 4 heteroatoms. The van der Waals surface area contributed by atoms with Crippen molar-refractivity contribution in [3.63, 3.8) is 0 Å². The molecule has 1 unspecified atom stereocenters. The Morgan fingerprint density at radius 3 is 2.63 bits per heavy atom. The number of nitrogens with one attached hydrogen (secondary N) is 1. The summed E-state index contributed by atoms with van der Waals surface area (Å²) in [5.41, 5.74) is 2.32. The predicted molar refractivity (Wildman–Crippen MR) is 93.8 cm³/mol. The summed E-state index contributed by atoms with van der Waals surface area (Å²) in [6.07, 6.45) is 0. The second-order valence-corrected chi connectivity index (χ2v) is 6.69. The highest BCUT2D eigenvalue weighted by Gasteiger charge is 2.18. The molecular weight excluding hydrogens is 436 g/mol. The minimum absolute atomic E-state index is 0.0998. The Balaban J connectivity index is 2.51. The van der Waals surface area contributed by atoms with E-state index in [2.05, 4.69) is 75.0 Å². The maximum atomic E-state index is 6.34. The maximum Gasteiger partial charge on any atom is 0.0602 e. The Morgan fingerprint density at radius 1 is 1.21 bits per heavy atom. The van der Waals surface area contributed by atoms with E-state index in [0.717, 1.165) is 21.6 Å². The number of halogens is 3. The second kappa shape index (κ2) is 7.07. The number of hydrogen-bond acceptors (Lipinski definition) is 1. The molecule has 0 aromatic heterocycles. The highest BCUT2D eigenvalue weighted by atomic mass is 127. The first-order valence-electron chi connectivity index (χ1n) is 6.06. The molecular formula is C15H14BrClIN. The molecule has 19 heavy (non-hydrogen) atoms. The van der Waals surface area contributed by atoms with Gasteiger partial charge in [-0.05, 0) is 64.5 Å². The van der Waals surface area contributed by atoms with Crippen LogP contribution in [0.25, 0.3) is 0 Å². The van der Waals surface area contributed by atoms with E-state index < -0.39 is 0 Å². The van der Waals surface area contributed by atoms with Gasteiger partial charge in [0.25, 0.3) is 0 Å². The first kappa shape index (κ1) is 15.3. The molecule has 2 rings (SSSR count). The molecule has 0 bridgehead atoms. The van der Waals surface area contributed by atoms with Crippen molar-refractivity contribution in [2.45, 2.75) is 13.0 Å². The van der Waals surface area contributed by atoms with Crippen LogP contribution < -0.4 is 5.32 Å². The van der Waals surface area contributed by atoms with Crippen LogP contribution in [-0.4, -0.2) is 6.54 Å². The maximum absolute atomic E-state index is 6.34. The summed E-state index contributed by atoms with van der Waals surface area (Å²) in [6, 6.07) is 14.4. The molecule has 1 nitrogen and oxygen atoms in total. The molecule has 0 aliphatic rings. The van der Waals surface area contributed by atoms with Crippen LogP contribution in [0, 0.1) is 3.57 Å². The molecule has 1 atom stereocenters. The van der Waals surface area contributed by atoms with Gasteiger partial charge in [0.15, 0.2) is 0 Å². The van der Waals surface area contributed by atoms with Gasteiger partial charge in [-0.3, -0.25) is 0 Å².